The summed E-state index contributed by atoms with van der Waals surface area (Å²) in [6.07, 6.45) is -0.237. The Balaban J connectivity index is 2.13. The predicted octanol–water partition coefficient (Wildman–Crippen LogP) is -0.325. The van der Waals surface area contributed by atoms with Crippen molar-refractivity contribution in [3.8, 4) is 0 Å². The van der Waals surface area contributed by atoms with Gasteiger partial charge in [-0.1, -0.05) is 0 Å². The molecule has 1 N–H and O–H groups in total. The Bertz CT molecular complexity index is 157. The van der Waals surface area contributed by atoms with Crippen molar-refractivity contribution >= 4 is 6.09 Å². The fraction of sp³-hybridized carbons (Fsp3) is 0.875. The molecule has 0 aromatic carbocycles. The zero-order chi connectivity index (χ0) is 9.52. The summed E-state index contributed by atoms with van der Waals surface area (Å²) in [6.45, 7) is 3.94. The standard InChI is InChI=1S/C8H16N2O3/c1-12-6-7-13-8(11)10-4-2-9-3-5-10/h9H,2-7H2,1H3. The van der Waals surface area contributed by atoms with Gasteiger partial charge >= 0.3 is 6.09 Å². The van der Waals surface area contributed by atoms with Crippen LogP contribution < -0.4 is 5.32 Å². The Labute approximate surface area is 78.0 Å². The smallest absolute Gasteiger partial charge is 0.409 e. The van der Waals surface area contributed by atoms with Crippen LogP contribution in [-0.4, -0.2) is 57.5 Å². The molecule has 1 aliphatic rings. The molecule has 0 spiro atoms. The van der Waals surface area contributed by atoms with E-state index in [1.807, 2.05) is 0 Å². The molecule has 5 nitrogen and oxygen atoms in total. The van der Waals surface area contributed by atoms with Crippen molar-refractivity contribution < 1.29 is 14.3 Å². The number of carbonyl (C=O) groups is 1. The zero-order valence-electron chi connectivity index (χ0n) is 7.91. The largest absolute Gasteiger partial charge is 0.447 e. The lowest BCUT2D eigenvalue weighted by Crippen LogP contribution is -2.46. The highest BCUT2D eigenvalue weighted by Gasteiger charge is 2.16. The third-order valence-electron chi connectivity index (χ3n) is 1.89. The van der Waals surface area contributed by atoms with Crippen molar-refractivity contribution in [1.29, 1.82) is 0 Å². The number of methoxy groups -OCH3 is 1. The summed E-state index contributed by atoms with van der Waals surface area (Å²) in [5.41, 5.74) is 0. The Morgan fingerprint density at radius 2 is 2.08 bits per heavy atom. The molecule has 13 heavy (non-hydrogen) atoms. The van der Waals surface area contributed by atoms with Crippen molar-refractivity contribution in [3.05, 3.63) is 0 Å². The summed E-state index contributed by atoms with van der Waals surface area (Å²) in [4.78, 5) is 13.0. The number of rotatable bonds is 3. The van der Waals surface area contributed by atoms with Crippen molar-refractivity contribution in [2.75, 3.05) is 46.5 Å². The average molecular weight is 188 g/mol. The molecule has 0 unspecified atom stereocenters. The monoisotopic (exact) mass is 188 g/mol. The van der Waals surface area contributed by atoms with E-state index >= 15 is 0 Å². The van der Waals surface area contributed by atoms with E-state index in [2.05, 4.69) is 5.32 Å². The lowest BCUT2D eigenvalue weighted by atomic mass is 10.4. The van der Waals surface area contributed by atoms with Crippen molar-refractivity contribution in [1.82, 2.24) is 10.2 Å². The number of carbonyl (C=O) groups excluding carboxylic acids is 1. The highest BCUT2D eigenvalue weighted by atomic mass is 16.6. The summed E-state index contributed by atoms with van der Waals surface area (Å²) in [5.74, 6) is 0. The molecule has 0 aliphatic carbocycles. The molecule has 1 amide bonds. The normalized spacial score (nSPS) is 17.2. The van der Waals surface area contributed by atoms with E-state index in [1.54, 1.807) is 12.0 Å². The van der Waals surface area contributed by atoms with Crippen LogP contribution >= 0.6 is 0 Å². The summed E-state index contributed by atoms with van der Waals surface area (Å²) in [5, 5.41) is 3.16. The Kier molecular flexibility index (Phi) is 4.56. The van der Waals surface area contributed by atoms with Crippen LogP contribution in [0.3, 0.4) is 0 Å². The molecular formula is C8H16N2O3. The van der Waals surface area contributed by atoms with E-state index in [9.17, 15) is 4.79 Å². The maximum atomic E-state index is 11.3. The predicted molar refractivity (Wildman–Crippen MR) is 47.7 cm³/mol. The van der Waals surface area contributed by atoms with Gasteiger partial charge in [-0.3, -0.25) is 0 Å². The van der Waals surface area contributed by atoms with Crippen LogP contribution in [0.25, 0.3) is 0 Å². The third kappa shape index (κ3) is 3.61. The van der Waals surface area contributed by atoms with Crippen LogP contribution in [0.5, 0.6) is 0 Å². The van der Waals surface area contributed by atoms with E-state index in [0.29, 0.717) is 13.2 Å². The van der Waals surface area contributed by atoms with Gasteiger partial charge in [0.2, 0.25) is 0 Å². The second-order valence-corrected chi connectivity index (χ2v) is 2.84. The minimum absolute atomic E-state index is 0.237. The fourth-order valence-corrected chi connectivity index (χ4v) is 1.15. The Morgan fingerprint density at radius 1 is 1.38 bits per heavy atom. The first-order chi connectivity index (χ1) is 6.34. The molecule has 0 aromatic heterocycles. The molecule has 0 radical (unpaired) electrons. The summed E-state index contributed by atoms with van der Waals surface area (Å²) in [7, 11) is 1.58. The molecule has 1 aliphatic heterocycles. The summed E-state index contributed by atoms with van der Waals surface area (Å²) >= 11 is 0. The van der Waals surface area contributed by atoms with Gasteiger partial charge in [-0.15, -0.1) is 0 Å². The topological polar surface area (TPSA) is 50.8 Å². The van der Waals surface area contributed by atoms with Gasteiger partial charge in [-0.25, -0.2) is 4.79 Å². The minimum atomic E-state index is -0.237. The maximum absolute atomic E-state index is 11.3. The van der Waals surface area contributed by atoms with Crippen LogP contribution in [0, 0.1) is 0 Å². The molecule has 1 rings (SSSR count). The number of piperazine rings is 1. The van der Waals surface area contributed by atoms with Crippen molar-refractivity contribution in [2.45, 2.75) is 0 Å². The van der Waals surface area contributed by atoms with Crippen LogP contribution in [0.1, 0.15) is 0 Å². The lowest BCUT2D eigenvalue weighted by Gasteiger charge is -2.26. The van der Waals surface area contributed by atoms with E-state index in [0.717, 1.165) is 26.2 Å². The number of nitrogens with zero attached hydrogens (tertiary/aromatic N) is 1. The van der Waals surface area contributed by atoms with Crippen LogP contribution in [-0.2, 0) is 9.47 Å². The Morgan fingerprint density at radius 3 is 2.69 bits per heavy atom. The molecule has 1 saturated heterocycles. The Hall–Kier alpha value is -0.810. The summed E-state index contributed by atoms with van der Waals surface area (Å²) < 4.78 is 9.73. The van der Waals surface area contributed by atoms with Gasteiger partial charge in [-0.05, 0) is 0 Å². The second-order valence-electron chi connectivity index (χ2n) is 2.84. The van der Waals surface area contributed by atoms with E-state index in [4.69, 9.17) is 9.47 Å². The van der Waals surface area contributed by atoms with Gasteiger partial charge in [0.25, 0.3) is 0 Å². The number of nitrogens with one attached hydrogen (secondary N) is 1. The van der Waals surface area contributed by atoms with Crippen LogP contribution in [0.15, 0.2) is 0 Å². The second kappa shape index (κ2) is 5.77. The fourth-order valence-electron chi connectivity index (χ4n) is 1.15. The number of hydrogen-bond acceptors (Lipinski definition) is 4. The molecule has 0 aromatic rings. The van der Waals surface area contributed by atoms with Gasteiger partial charge in [0.1, 0.15) is 6.61 Å². The van der Waals surface area contributed by atoms with Gasteiger partial charge in [0.15, 0.2) is 0 Å². The highest BCUT2D eigenvalue weighted by molar-refractivity contribution is 5.67. The molecular weight excluding hydrogens is 172 g/mol. The van der Waals surface area contributed by atoms with Crippen molar-refractivity contribution in [3.63, 3.8) is 0 Å². The average Bonchev–Trinajstić information content (AvgIpc) is 2.19. The van der Waals surface area contributed by atoms with Gasteiger partial charge in [-0.2, -0.15) is 0 Å². The molecule has 0 atom stereocenters. The van der Waals surface area contributed by atoms with Gasteiger partial charge in [0.05, 0.1) is 6.61 Å². The van der Waals surface area contributed by atoms with Crippen LogP contribution in [0.4, 0.5) is 4.79 Å². The number of ether oxygens (including phenoxy) is 2. The number of amides is 1. The van der Waals surface area contributed by atoms with Crippen LogP contribution in [0.2, 0.25) is 0 Å². The van der Waals surface area contributed by atoms with Gasteiger partial charge < -0.3 is 19.7 Å². The van der Waals surface area contributed by atoms with E-state index < -0.39 is 0 Å². The summed E-state index contributed by atoms with van der Waals surface area (Å²) in [6, 6.07) is 0. The quantitative estimate of drug-likeness (QED) is 0.616. The first-order valence-electron chi connectivity index (χ1n) is 4.46. The molecule has 0 saturated carbocycles. The highest BCUT2D eigenvalue weighted by Crippen LogP contribution is 1.96. The lowest BCUT2D eigenvalue weighted by molar-refractivity contribution is 0.0690. The molecule has 0 bridgehead atoms. The van der Waals surface area contributed by atoms with Crippen molar-refractivity contribution in [2.24, 2.45) is 0 Å². The third-order valence-corrected chi connectivity index (χ3v) is 1.89. The minimum Gasteiger partial charge on any atom is -0.447 e. The molecule has 1 heterocycles. The van der Waals surface area contributed by atoms with E-state index in [-0.39, 0.29) is 6.09 Å². The molecule has 1 fully saturated rings. The molecule has 76 valence electrons. The maximum Gasteiger partial charge on any atom is 0.409 e. The SMILES string of the molecule is COCCOC(=O)N1CCNCC1. The number of hydrogen-bond donors (Lipinski definition) is 1. The first kappa shape index (κ1) is 10.3. The first-order valence-corrected chi connectivity index (χ1v) is 4.46. The molecule has 5 heteroatoms. The zero-order valence-corrected chi connectivity index (χ0v) is 7.91. The van der Waals surface area contributed by atoms with E-state index in [1.165, 1.54) is 0 Å². The van der Waals surface area contributed by atoms with Gasteiger partial charge in [0, 0.05) is 33.3 Å².